The predicted molar refractivity (Wildman–Crippen MR) is 124 cm³/mol. The minimum Gasteiger partial charge on any atom is -0.404 e. The molecule has 1 saturated carbocycles. The van der Waals surface area contributed by atoms with Gasteiger partial charge in [0.15, 0.2) is 0 Å². The van der Waals surface area contributed by atoms with Crippen LogP contribution in [0.25, 0.3) is 0 Å². The van der Waals surface area contributed by atoms with Gasteiger partial charge in [-0.15, -0.1) is 25.6 Å². The summed E-state index contributed by atoms with van der Waals surface area (Å²) in [7, 11) is 3.84. The van der Waals surface area contributed by atoms with Crippen LogP contribution in [0.1, 0.15) is 41.9 Å². The number of halogens is 5. The summed E-state index contributed by atoms with van der Waals surface area (Å²) in [5.74, 6) is 1.35. The summed E-state index contributed by atoms with van der Waals surface area (Å²) < 4.78 is 40.9. The van der Waals surface area contributed by atoms with E-state index in [9.17, 15) is 18.0 Å². The van der Waals surface area contributed by atoms with Crippen LogP contribution in [0.5, 0.6) is 5.75 Å². The molecule has 0 spiro atoms. The van der Waals surface area contributed by atoms with Crippen LogP contribution in [0.2, 0.25) is 5.02 Å². The summed E-state index contributed by atoms with van der Waals surface area (Å²) in [6.07, 6.45) is -1.65. The van der Waals surface area contributed by atoms with Crippen molar-refractivity contribution in [3.63, 3.8) is 0 Å². The first-order valence-electron chi connectivity index (χ1n) is 10.2. The van der Waals surface area contributed by atoms with E-state index in [1.807, 2.05) is 32.0 Å². The molecular weight excluding hydrogens is 482 g/mol. The molecule has 182 valence electrons. The Bertz CT molecular complexity index is 967. The molecule has 1 fully saturated rings. The number of hydrogen-bond acceptors (Lipinski definition) is 6. The summed E-state index contributed by atoms with van der Waals surface area (Å²) in [6, 6.07) is 5.56. The molecule has 0 saturated heterocycles. The summed E-state index contributed by atoms with van der Waals surface area (Å²) in [4.78, 5) is 23.2. The summed E-state index contributed by atoms with van der Waals surface area (Å²) in [5.41, 5.74) is 0.178. The van der Waals surface area contributed by atoms with Crippen molar-refractivity contribution in [1.82, 2.24) is 15.3 Å². The molecule has 1 aromatic heterocycles. The summed E-state index contributed by atoms with van der Waals surface area (Å²) in [6.45, 7) is 1.85. The van der Waals surface area contributed by atoms with Crippen LogP contribution in [-0.4, -0.2) is 48.4 Å². The van der Waals surface area contributed by atoms with Crippen LogP contribution in [0, 0.1) is 6.92 Å². The van der Waals surface area contributed by atoms with E-state index in [2.05, 4.69) is 25.3 Å². The fourth-order valence-corrected chi connectivity index (χ4v) is 3.78. The molecule has 1 aliphatic carbocycles. The van der Waals surface area contributed by atoms with Gasteiger partial charge in [-0.2, -0.15) is 0 Å². The third-order valence-corrected chi connectivity index (χ3v) is 5.41. The number of carbonyl (C=O) groups excluding carboxylic acids is 1. The van der Waals surface area contributed by atoms with Crippen LogP contribution in [-0.2, 0) is 0 Å². The smallest absolute Gasteiger partial charge is 0.404 e. The van der Waals surface area contributed by atoms with Crippen LogP contribution in [0.4, 0.5) is 24.8 Å². The molecule has 2 aromatic rings. The van der Waals surface area contributed by atoms with Gasteiger partial charge in [0, 0.05) is 37.8 Å². The first-order valence-corrected chi connectivity index (χ1v) is 10.5. The third kappa shape index (κ3) is 7.82. The Morgan fingerprint density at radius 2 is 1.76 bits per heavy atom. The van der Waals surface area contributed by atoms with Crippen molar-refractivity contribution in [1.29, 1.82) is 0 Å². The number of anilines is 2. The highest BCUT2D eigenvalue weighted by molar-refractivity contribution is 6.32. The van der Waals surface area contributed by atoms with Gasteiger partial charge >= 0.3 is 6.36 Å². The second kappa shape index (κ2) is 11.1. The van der Waals surface area contributed by atoms with E-state index in [1.165, 1.54) is 12.1 Å². The standard InChI is InChI=1S/C21H25ClF3N5O2.ClH/c1-12-26-18(11-19(27-12)30(2)3)28-14-5-7-15(8-6-14)29-20(31)13-4-9-17(16(22)10-13)32-21(23,24)25;/h4,9-11,14-15H,5-8H2,1-3H3,(H,29,31)(H,26,27,28);1H. The van der Waals surface area contributed by atoms with E-state index < -0.39 is 12.1 Å². The van der Waals surface area contributed by atoms with Gasteiger partial charge in [-0.05, 0) is 50.8 Å². The van der Waals surface area contributed by atoms with Crippen molar-refractivity contribution in [2.24, 2.45) is 0 Å². The fraction of sp³-hybridized carbons (Fsp3) is 0.476. The Labute approximate surface area is 201 Å². The molecule has 1 heterocycles. The molecule has 0 radical (unpaired) electrons. The Hall–Kier alpha value is -2.46. The van der Waals surface area contributed by atoms with E-state index in [0.29, 0.717) is 5.82 Å². The molecule has 33 heavy (non-hydrogen) atoms. The van der Waals surface area contributed by atoms with E-state index >= 15 is 0 Å². The highest BCUT2D eigenvalue weighted by Crippen LogP contribution is 2.31. The SMILES string of the molecule is Cc1nc(NC2CCC(NC(=O)c3ccc(OC(F)(F)F)c(Cl)c3)CC2)cc(N(C)C)n1.Cl. The van der Waals surface area contributed by atoms with Crippen molar-refractivity contribution >= 4 is 41.6 Å². The number of nitrogens with one attached hydrogen (secondary N) is 2. The number of alkyl halides is 3. The average Bonchev–Trinajstić information content (AvgIpc) is 2.69. The van der Waals surface area contributed by atoms with Crippen LogP contribution >= 0.6 is 24.0 Å². The number of hydrogen-bond donors (Lipinski definition) is 2. The van der Waals surface area contributed by atoms with E-state index in [-0.39, 0.29) is 41.0 Å². The zero-order valence-corrected chi connectivity index (χ0v) is 19.9. The topological polar surface area (TPSA) is 79.4 Å². The molecule has 0 bridgehead atoms. The second-order valence-electron chi connectivity index (χ2n) is 7.91. The minimum absolute atomic E-state index is 0. The number of aromatic nitrogens is 2. The Kier molecular flexibility index (Phi) is 9.02. The van der Waals surface area contributed by atoms with Gasteiger partial charge in [0.1, 0.15) is 23.2 Å². The Balaban J connectivity index is 0.00000385. The summed E-state index contributed by atoms with van der Waals surface area (Å²) >= 11 is 5.83. The zero-order valence-electron chi connectivity index (χ0n) is 18.4. The second-order valence-corrected chi connectivity index (χ2v) is 8.32. The van der Waals surface area contributed by atoms with E-state index in [4.69, 9.17) is 11.6 Å². The van der Waals surface area contributed by atoms with Crippen LogP contribution < -0.4 is 20.3 Å². The predicted octanol–water partition coefficient (Wildman–Crippen LogP) is 4.98. The van der Waals surface area contributed by atoms with Gasteiger partial charge in [-0.1, -0.05) is 11.6 Å². The average molecular weight is 508 g/mol. The normalized spacial score (nSPS) is 18.2. The molecule has 1 amide bonds. The molecule has 1 aliphatic rings. The van der Waals surface area contributed by atoms with Gasteiger partial charge < -0.3 is 20.3 Å². The maximum Gasteiger partial charge on any atom is 0.573 e. The maximum absolute atomic E-state index is 12.5. The first kappa shape index (κ1) is 26.8. The molecule has 7 nitrogen and oxygen atoms in total. The number of rotatable bonds is 6. The van der Waals surface area contributed by atoms with Crippen molar-refractivity contribution in [2.45, 2.75) is 51.1 Å². The number of amides is 1. The van der Waals surface area contributed by atoms with Crippen molar-refractivity contribution in [3.05, 3.63) is 40.7 Å². The Morgan fingerprint density at radius 3 is 2.33 bits per heavy atom. The molecule has 3 rings (SSSR count). The monoisotopic (exact) mass is 507 g/mol. The van der Waals surface area contributed by atoms with Crippen LogP contribution in [0.3, 0.4) is 0 Å². The molecule has 0 atom stereocenters. The zero-order chi connectivity index (χ0) is 23.5. The molecule has 0 unspecified atom stereocenters. The highest BCUT2D eigenvalue weighted by atomic mass is 35.5. The van der Waals surface area contributed by atoms with Gasteiger partial charge in [-0.3, -0.25) is 4.79 Å². The molecular formula is C21H26Cl2F3N5O2. The quantitative estimate of drug-likeness (QED) is 0.574. The highest BCUT2D eigenvalue weighted by Gasteiger charge is 2.32. The van der Waals surface area contributed by atoms with Crippen LogP contribution in [0.15, 0.2) is 24.3 Å². The van der Waals surface area contributed by atoms with Crippen molar-refractivity contribution in [2.75, 3.05) is 24.3 Å². The van der Waals surface area contributed by atoms with Gasteiger partial charge in [0.25, 0.3) is 5.91 Å². The fourth-order valence-electron chi connectivity index (χ4n) is 3.56. The van der Waals surface area contributed by atoms with Crippen molar-refractivity contribution < 1.29 is 22.7 Å². The molecule has 12 heteroatoms. The number of aryl methyl sites for hydroxylation is 1. The minimum atomic E-state index is -4.85. The van der Waals surface area contributed by atoms with Gasteiger partial charge in [0.2, 0.25) is 0 Å². The van der Waals surface area contributed by atoms with Gasteiger partial charge in [0.05, 0.1) is 5.02 Å². The van der Waals surface area contributed by atoms with Crippen molar-refractivity contribution in [3.8, 4) is 5.75 Å². The lowest BCUT2D eigenvalue weighted by molar-refractivity contribution is -0.274. The first-order chi connectivity index (χ1) is 15.0. The maximum atomic E-state index is 12.5. The lowest BCUT2D eigenvalue weighted by atomic mass is 9.91. The molecule has 2 N–H and O–H groups in total. The number of ether oxygens (including phenoxy) is 1. The summed E-state index contributed by atoms with van der Waals surface area (Å²) in [5, 5.41) is 6.09. The number of carbonyl (C=O) groups is 1. The third-order valence-electron chi connectivity index (χ3n) is 5.12. The number of nitrogens with zero attached hydrogens (tertiary/aromatic N) is 3. The number of benzene rings is 1. The molecule has 1 aromatic carbocycles. The molecule has 0 aliphatic heterocycles. The van der Waals surface area contributed by atoms with E-state index in [1.54, 1.807) is 0 Å². The van der Waals surface area contributed by atoms with Gasteiger partial charge in [-0.25, -0.2) is 9.97 Å². The lowest BCUT2D eigenvalue weighted by Crippen LogP contribution is -2.40. The largest absolute Gasteiger partial charge is 0.573 e. The lowest BCUT2D eigenvalue weighted by Gasteiger charge is -2.30. The van der Waals surface area contributed by atoms with E-state index in [0.717, 1.165) is 43.4 Å². The Morgan fingerprint density at radius 1 is 1.12 bits per heavy atom.